The summed E-state index contributed by atoms with van der Waals surface area (Å²) in [5.41, 5.74) is -0.185. The summed E-state index contributed by atoms with van der Waals surface area (Å²) in [6.07, 6.45) is 0.912. The van der Waals surface area contributed by atoms with Crippen molar-refractivity contribution in [1.82, 2.24) is 10.6 Å². The highest BCUT2D eigenvalue weighted by molar-refractivity contribution is 5.84. The summed E-state index contributed by atoms with van der Waals surface area (Å²) >= 11 is 0. The molecule has 0 aliphatic carbocycles. The van der Waals surface area contributed by atoms with E-state index in [4.69, 9.17) is 9.15 Å². The van der Waals surface area contributed by atoms with Crippen LogP contribution in [0.3, 0.4) is 0 Å². The molecule has 0 spiro atoms. The lowest BCUT2D eigenvalue weighted by atomic mass is 9.90. The van der Waals surface area contributed by atoms with Crippen LogP contribution in [0.15, 0.2) is 10.5 Å². The summed E-state index contributed by atoms with van der Waals surface area (Å²) in [4.78, 5) is 24.8. The second kappa shape index (κ2) is 8.60. The fourth-order valence-corrected chi connectivity index (χ4v) is 2.87. The molecule has 0 bridgehead atoms. The minimum Gasteiger partial charge on any atom is -0.466 e. The predicted molar refractivity (Wildman–Crippen MR) is 102 cm³/mol. The van der Waals surface area contributed by atoms with Crippen LogP contribution in [0.25, 0.3) is 0 Å². The zero-order valence-corrected chi connectivity index (χ0v) is 17.4. The van der Waals surface area contributed by atoms with Gasteiger partial charge in [-0.1, -0.05) is 13.8 Å². The zero-order valence-electron chi connectivity index (χ0n) is 17.4. The van der Waals surface area contributed by atoms with Gasteiger partial charge in [0.25, 0.3) is 0 Å². The second-order valence-corrected chi connectivity index (χ2v) is 7.92. The first-order valence-electron chi connectivity index (χ1n) is 9.29. The SMILES string of the molecule is CCC(CC)(CNC(=O)OC(C)(C)C)NC(=O)C(C)c1cc(C)oc1C. The van der Waals surface area contributed by atoms with E-state index in [1.807, 2.05) is 61.5 Å². The number of furan rings is 1. The van der Waals surface area contributed by atoms with Crippen LogP contribution in [0.5, 0.6) is 0 Å². The van der Waals surface area contributed by atoms with Gasteiger partial charge in [0.15, 0.2) is 0 Å². The molecule has 1 atom stereocenters. The molecule has 0 aliphatic heterocycles. The Morgan fingerprint density at radius 2 is 1.77 bits per heavy atom. The summed E-state index contributed by atoms with van der Waals surface area (Å²) in [6, 6.07) is 1.90. The fraction of sp³-hybridized carbons (Fsp3) is 0.700. The van der Waals surface area contributed by atoms with Crippen molar-refractivity contribution in [2.45, 2.75) is 85.3 Å². The Labute approximate surface area is 157 Å². The average molecular weight is 367 g/mol. The van der Waals surface area contributed by atoms with Crippen molar-refractivity contribution < 1.29 is 18.7 Å². The number of ether oxygens (including phenoxy) is 1. The van der Waals surface area contributed by atoms with Crippen LogP contribution in [0, 0.1) is 13.8 Å². The second-order valence-electron chi connectivity index (χ2n) is 7.92. The number of hydrogen-bond acceptors (Lipinski definition) is 4. The molecule has 0 aromatic carbocycles. The van der Waals surface area contributed by atoms with Crippen LogP contribution < -0.4 is 10.6 Å². The van der Waals surface area contributed by atoms with Gasteiger partial charge in [0.2, 0.25) is 5.91 Å². The van der Waals surface area contributed by atoms with Crippen LogP contribution >= 0.6 is 0 Å². The molecule has 0 saturated carbocycles. The Bertz CT molecular complexity index is 624. The molecule has 2 N–H and O–H groups in total. The Balaban J connectivity index is 2.80. The molecule has 2 amide bonds. The first kappa shape index (κ1) is 22.1. The molecule has 0 fully saturated rings. The minimum atomic E-state index is -0.556. The number of aryl methyl sites for hydroxylation is 2. The van der Waals surface area contributed by atoms with E-state index in [1.165, 1.54) is 0 Å². The largest absolute Gasteiger partial charge is 0.466 e. The quantitative estimate of drug-likeness (QED) is 0.758. The maximum Gasteiger partial charge on any atom is 0.407 e. The highest BCUT2D eigenvalue weighted by Crippen LogP contribution is 2.25. The van der Waals surface area contributed by atoms with E-state index in [0.717, 1.165) is 17.1 Å². The molecule has 1 unspecified atom stereocenters. The van der Waals surface area contributed by atoms with Gasteiger partial charge in [-0.2, -0.15) is 0 Å². The first-order chi connectivity index (χ1) is 11.9. The van der Waals surface area contributed by atoms with Crippen molar-refractivity contribution in [2.24, 2.45) is 0 Å². The first-order valence-corrected chi connectivity index (χ1v) is 9.29. The van der Waals surface area contributed by atoms with Crippen molar-refractivity contribution >= 4 is 12.0 Å². The summed E-state index contributed by atoms with van der Waals surface area (Å²) in [5, 5.41) is 5.92. The Kier molecular flexibility index (Phi) is 7.30. The van der Waals surface area contributed by atoms with Gasteiger partial charge in [-0.3, -0.25) is 4.79 Å². The van der Waals surface area contributed by atoms with Gasteiger partial charge in [0.1, 0.15) is 17.1 Å². The van der Waals surface area contributed by atoms with Crippen molar-refractivity contribution in [3.63, 3.8) is 0 Å². The normalized spacial score (nSPS) is 13.2. The Morgan fingerprint density at radius 3 is 2.19 bits per heavy atom. The van der Waals surface area contributed by atoms with E-state index in [1.54, 1.807) is 0 Å². The Morgan fingerprint density at radius 1 is 1.19 bits per heavy atom. The maximum absolute atomic E-state index is 12.8. The van der Waals surface area contributed by atoms with Gasteiger partial charge in [0.05, 0.1) is 11.5 Å². The van der Waals surface area contributed by atoms with Gasteiger partial charge >= 0.3 is 6.09 Å². The van der Waals surface area contributed by atoms with E-state index in [-0.39, 0.29) is 11.8 Å². The van der Waals surface area contributed by atoms with Crippen molar-refractivity contribution in [2.75, 3.05) is 6.54 Å². The molecular formula is C20H34N2O4. The minimum absolute atomic E-state index is 0.0800. The van der Waals surface area contributed by atoms with Gasteiger partial charge in [-0.15, -0.1) is 0 Å². The number of rotatable bonds is 7. The molecule has 1 rings (SSSR count). The molecule has 1 aromatic heterocycles. The van der Waals surface area contributed by atoms with Gasteiger partial charge < -0.3 is 19.8 Å². The smallest absolute Gasteiger partial charge is 0.407 e. The van der Waals surface area contributed by atoms with Gasteiger partial charge in [0, 0.05) is 12.1 Å². The van der Waals surface area contributed by atoms with Crippen molar-refractivity contribution in [3.05, 3.63) is 23.2 Å². The fourth-order valence-electron chi connectivity index (χ4n) is 2.87. The molecule has 6 nitrogen and oxygen atoms in total. The van der Waals surface area contributed by atoms with E-state index >= 15 is 0 Å². The molecule has 26 heavy (non-hydrogen) atoms. The average Bonchev–Trinajstić information content (AvgIpc) is 2.87. The summed E-state index contributed by atoms with van der Waals surface area (Å²) in [7, 11) is 0. The van der Waals surface area contributed by atoms with Crippen LogP contribution in [0.1, 0.15) is 77.4 Å². The summed E-state index contributed by atoms with van der Waals surface area (Å²) in [5.74, 6) is 1.15. The van der Waals surface area contributed by atoms with Gasteiger partial charge in [-0.05, 0) is 60.5 Å². The monoisotopic (exact) mass is 366 g/mol. The third-order valence-corrected chi connectivity index (χ3v) is 4.65. The number of nitrogens with one attached hydrogen (secondary N) is 2. The highest BCUT2D eigenvalue weighted by atomic mass is 16.6. The number of carbonyl (C=O) groups excluding carboxylic acids is 2. The summed E-state index contributed by atoms with van der Waals surface area (Å²) < 4.78 is 10.8. The standard InChI is InChI=1S/C20H34N2O4/c1-9-20(10-2,12-21-18(24)26-19(6,7)8)22-17(23)14(4)16-11-13(3)25-15(16)5/h11,14H,9-10,12H2,1-8H3,(H,21,24)(H,22,23). The van der Waals surface area contributed by atoms with Crippen molar-refractivity contribution in [1.29, 1.82) is 0 Å². The topological polar surface area (TPSA) is 80.6 Å². The van der Waals surface area contributed by atoms with Crippen LogP contribution in [-0.4, -0.2) is 29.7 Å². The van der Waals surface area contributed by atoms with Crippen LogP contribution in [-0.2, 0) is 9.53 Å². The molecule has 148 valence electrons. The third kappa shape index (κ3) is 6.07. The van der Waals surface area contributed by atoms with Crippen molar-refractivity contribution in [3.8, 4) is 0 Å². The number of amides is 2. The lowest BCUT2D eigenvalue weighted by molar-refractivity contribution is -0.124. The number of alkyl carbamates (subject to hydrolysis) is 1. The lowest BCUT2D eigenvalue weighted by Crippen LogP contribution is -2.56. The van der Waals surface area contributed by atoms with Crippen LogP contribution in [0.2, 0.25) is 0 Å². The maximum atomic E-state index is 12.8. The van der Waals surface area contributed by atoms with Gasteiger partial charge in [-0.25, -0.2) is 4.79 Å². The predicted octanol–water partition coefficient (Wildman–Crippen LogP) is 4.20. The third-order valence-electron chi connectivity index (χ3n) is 4.65. The lowest BCUT2D eigenvalue weighted by Gasteiger charge is -2.34. The highest BCUT2D eigenvalue weighted by Gasteiger charge is 2.32. The molecule has 0 aliphatic rings. The van der Waals surface area contributed by atoms with E-state index in [0.29, 0.717) is 19.4 Å². The Hall–Kier alpha value is -1.98. The van der Waals surface area contributed by atoms with E-state index < -0.39 is 17.2 Å². The van der Waals surface area contributed by atoms with Crippen LogP contribution in [0.4, 0.5) is 4.79 Å². The molecule has 0 saturated heterocycles. The van der Waals surface area contributed by atoms with E-state index in [2.05, 4.69) is 10.6 Å². The summed E-state index contributed by atoms with van der Waals surface area (Å²) in [6.45, 7) is 15.4. The zero-order chi connectivity index (χ0) is 20.1. The molecule has 0 radical (unpaired) electrons. The molecular weight excluding hydrogens is 332 g/mol. The number of carbonyl (C=O) groups is 2. The van der Waals surface area contributed by atoms with E-state index in [9.17, 15) is 9.59 Å². The molecule has 1 aromatic rings. The molecule has 1 heterocycles. The molecule has 6 heteroatoms. The number of hydrogen-bond donors (Lipinski definition) is 2.